The van der Waals surface area contributed by atoms with Crippen LogP contribution in [0.4, 0.5) is 5.82 Å². The number of hydrogen-bond acceptors (Lipinski definition) is 17. The Labute approximate surface area is 267 Å². The van der Waals surface area contributed by atoms with Gasteiger partial charge in [-0.05, 0) is 6.07 Å². The van der Waals surface area contributed by atoms with E-state index in [0.717, 1.165) is 28.0 Å². The van der Waals surface area contributed by atoms with Crippen LogP contribution in [0.25, 0.3) is 11.2 Å². The van der Waals surface area contributed by atoms with E-state index < -0.39 is 91.7 Å². The fraction of sp³-hybridized carbons (Fsp3) is 0.476. The Kier molecular flexibility index (Phi) is 10.5. The maximum absolute atomic E-state index is 12.6. The van der Waals surface area contributed by atoms with Crippen molar-refractivity contribution in [1.29, 1.82) is 0 Å². The number of nitrogens with zero attached hydrogens (tertiary/aromatic N) is 5. The number of fused-ring (bicyclic) bond motifs is 1. The van der Waals surface area contributed by atoms with Gasteiger partial charge in [0.05, 0.1) is 19.5 Å². The number of carboxylic acids is 1. The molecule has 0 bridgehead atoms. The van der Waals surface area contributed by atoms with Gasteiger partial charge in [-0.3, -0.25) is 18.1 Å². The molecule has 5 heterocycles. The molecule has 3 aromatic heterocycles. The minimum absolute atomic E-state index is 0.00214. The van der Waals surface area contributed by atoms with Crippen LogP contribution in [0.1, 0.15) is 22.8 Å². The van der Waals surface area contributed by atoms with Crippen LogP contribution in [0.3, 0.4) is 0 Å². The van der Waals surface area contributed by atoms with Gasteiger partial charge in [0.25, 0.3) is 6.23 Å². The molecule has 2 fully saturated rings. The number of nitrogen functional groups attached to an aromatic ring is 1. The third-order valence-corrected chi connectivity index (χ3v) is 10.1. The number of phosphoric acid groups is 3. The summed E-state index contributed by atoms with van der Waals surface area (Å²) >= 11 is 0. The highest BCUT2D eigenvalue weighted by molar-refractivity contribution is 7.61. The van der Waals surface area contributed by atoms with E-state index in [9.17, 15) is 58.5 Å². The van der Waals surface area contributed by atoms with Crippen LogP contribution in [0.5, 0.6) is 0 Å². The minimum atomic E-state index is -5.54. The highest BCUT2D eigenvalue weighted by atomic mass is 31.3. The van der Waals surface area contributed by atoms with Gasteiger partial charge in [-0.15, -0.1) is 0 Å². The van der Waals surface area contributed by atoms with E-state index in [1.165, 1.54) is 18.3 Å². The largest absolute Gasteiger partial charge is 0.481 e. The second kappa shape index (κ2) is 13.8. The Bertz CT molecular complexity index is 1810. The fourth-order valence-corrected chi connectivity index (χ4v) is 7.45. The highest BCUT2D eigenvalue weighted by Gasteiger charge is 2.51. The number of aromatic nitrogens is 5. The molecule has 264 valence electrons. The molecule has 0 spiro atoms. The summed E-state index contributed by atoms with van der Waals surface area (Å²) in [5.74, 6) is -1.35. The molecule has 24 nitrogen and oxygen atoms in total. The van der Waals surface area contributed by atoms with Crippen LogP contribution in [-0.4, -0.2) is 115 Å². The molecule has 2 unspecified atom stereocenters. The summed E-state index contributed by atoms with van der Waals surface area (Å²) < 4.78 is 68.2. The third kappa shape index (κ3) is 8.12. The van der Waals surface area contributed by atoms with E-state index in [1.54, 1.807) is 0 Å². The van der Waals surface area contributed by atoms with Crippen LogP contribution >= 0.6 is 23.5 Å². The lowest BCUT2D eigenvalue weighted by Gasteiger charge is -2.22. The Hall–Kier alpha value is -2.86. The lowest BCUT2D eigenvalue weighted by atomic mass is 10.1. The van der Waals surface area contributed by atoms with E-state index in [4.69, 9.17) is 15.2 Å². The summed E-state index contributed by atoms with van der Waals surface area (Å²) in [5.41, 5.74) is 5.63. The number of ether oxygens (including phenoxy) is 2. The van der Waals surface area contributed by atoms with Gasteiger partial charge in [0.15, 0.2) is 36.2 Å². The normalized spacial score (nSPS) is 30.3. The summed E-state index contributed by atoms with van der Waals surface area (Å²) in [7, 11) is -16.3. The number of aromatic carboxylic acids is 1. The lowest BCUT2D eigenvalue weighted by Crippen LogP contribution is -2.46. The molecule has 0 aliphatic carbocycles. The number of carbonyl (C=O) groups is 1. The summed E-state index contributed by atoms with van der Waals surface area (Å²) in [6.45, 7) is -2.07. The van der Waals surface area contributed by atoms with Crippen molar-refractivity contribution in [2.45, 2.75) is 49.1 Å². The number of nitrogens with two attached hydrogens (primary N) is 1. The van der Waals surface area contributed by atoms with E-state index in [2.05, 4.69) is 32.8 Å². The molecule has 0 saturated carbocycles. The van der Waals surface area contributed by atoms with E-state index >= 15 is 0 Å². The van der Waals surface area contributed by atoms with Gasteiger partial charge in [-0.2, -0.15) is 8.88 Å². The molecular formula is C21H28N6O18P3+. The highest BCUT2D eigenvalue weighted by Crippen LogP contribution is 2.61. The predicted octanol–water partition coefficient (Wildman–Crippen LogP) is -2.30. The topological polar surface area (TPSA) is 359 Å². The molecule has 0 amide bonds. The molecule has 2 saturated heterocycles. The molecule has 48 heavy (non-hydrogen) atoms. The first-order valence-corrected chi connectivity index (χ1v) is 17.8. The fourth-order valence-electron chi connectivity index (χ4n) is 4.81. The van der Waals surface area contributed by atoms with Crippen molar-refractivity contribution < 1.29 is 90.4 Å². The summed E-state index contributed by atoms with van der Waals surface area (Å²) in [6.07, 6.45) is -8.76. The van der Waals surface area contributed by atoms with Crippen molar-refractivity contribution >= 4 is 46.4 Å². The van der Waals surface area contributed by atoms with E-state index in [1.807, 2.05) is 0 Å². The van der Waals surface area contributed by atoms with Crippen molar-refractivity contribution in [1.82, 2.24) is 19.5 Å². The van der Waals surface area contributed by atoms with Gasteiger partial charge in [-0.25, -0.2) is 33.4 Å². The molecule has 2 aliphatic heterocycles. The second-order valence-electron chi connectivity index (χ2n) is 10.2. The van der Waals surface area contributed by atoms with Crippen LogP contribution in [0, 0.1) is 0 Å². The molecule has 2 aliphatic rings. The van der Waals surface area contributed by atoms with Gasteiger partial charge in [0.2, 0.25) is 0 Å². The maximum atomic E-state index is 12.6. The van der Waals surface area contributed by atoms with Crippen molar-refractivity contribution in [3.05, 3.63) is 42.7 Å². The molecule has 0 aromatic carbocycles. The molecule has 10 atom stereocenters. The second-order valence-corrected chi connectivity index (χ2v) is 14.4. The Balaban J connectivity index is 1.21. The average molecular weight is 745 g/mol. The number of rotatable bonds is 13. The number of pyridine rings is 1. The molecule has 0 radical (unpaired) electrons. The lowest BCUT2D eigenvalue weighted by molar-refractivity contribution is -0.765. The van der Waals surface area contributed by atoms with Crippen LogP contribution in [0.15, 0.2) is 37.2 Å². The molecule has 10 N–H and O–H groups in total. The van der Waals surface area contributed by atoms with Crippen LogP contribution < -0.4 is 10.3 Å². The quantitative estimate of drug-likeness (QED) is 0.0656. The van der Waals surface area contributed by atoms with E-state index in [-0.39, 0.29) is 22.5 Å². The summed E-state index contributed by atoms with van der Waals surface area (Å²) in [4.78, 5) is 61.9. The van der Waals surface area contributed by atoms with Gasteiger partial charge in [0.1, 0.15) is 47.9 Å². The van der Waals surface area contributed by atoms with Crippen LogP contribution in [-0.2, 0) is 41.1 Å². The molecule has 5 rings (SSSR count). The molecular weight excluding hydrogens is 717 g/mol. The molecule has 3 aromatic rings. The van der Waals surface area contributed by atoms with Gasteiger partial charge in [0, 0.05) is 6.07 Å². The predicted molar refractivity (Wildman–Crippen MR) is 149 cm³/mol. The van der Waals surface area contributed by atoms with Crippen molar-refractivity contribution in [2.75, 3.05) is 18.9 Å². The van der Waals surface area contributed by atoms with Crippen LogP contribution in [0.2, 0.25) is 0 Å². The number of imidazole rings is 1. The Morgan fingerprint density at radius 2 is 1.60 bits per heavy atom. The zero-order valence-corrected chi connectivity index (χ0v) is 26.5. The van der Waals surface area contributed by atoms with Crippen molar-refractivity contribution in [3.63, 3.8) is 0 Å². The first kappa shape index (κ1) is 36.4. The van der Waals surface area contributed by atoms with Gasteiger partial charge < -0.3 is 55.2 Å². The zero-order chi connectivity index (χ0) is 35.2. The monoisotopic (exact) mass is 745 g/mol. The first-order valence-electron chi connectivity index (χ1n) is 13.3. The number of aliphatic hydroxyl groups excluding tert-OH is 3. The Morgan fingerprint density at radius 3 is 2.23 bits per heavy atom. The van der Waals surface area contributed by atoms with Gasteiger partial charge >= 0.3 is 29.4 Å². The van der Waals surface area contributed by atoms with Crippen molar-refractivity contribution in [2.24, 2.45) is 0 Å². The number of carboxylic acid groups (broad SMARTS) is 1. The first-order chi connectivity index (χ1) is 22.4. The summed E-state index contributed by atoms with van der Waals surface area (Å²) in [6, 6.07) is 2.58. The summed E-state index contributed by atoms with van der Waals surface area (Å²) in [5, 5.41) is 40.6. The smallest absolute Gasteiger partial charge is 0.477 e. The number of anilines is 1. The van der Waals surface area contributed by atoms with Crippen molar-refractivity contribution in [3.8, 4) is 0 Å². The molecule has 27 heteroatoms. The minimum Gasteiger partial charge on any atom is -0.477 e. The number of hydrogen-bond donors (Lipinski definition) is 9. The van der Waals surface area contributed by atoms with E-state index in [0.29, 0.717) is 0 Å². The maximum Gasteiger partial charge on any atom is 0.481 e. The average Bonchev–Trinajstić information content (AvgIpc) is 3.64. The van der Waals surface area contributed by atoms with Gasteiger partial charge in [-0.1, -0.05) is 0 Å². The standard InChI is InChI=1S/C21H27N6O18P3/c22-17-12-18(24-7-23-17)27(8-25-12)20-16(44-46(33,34)35)14(29)11(43-20)6-41-48(38,39)45-47(36,37)40-5-10-13(28)15(30)19(42-10)26-3-1-2-9(4-26)21(31)32/h1-4,7-8,10-11,13-16,19-20,28-30H,5-6H2,(H6-,22,23,24,31,32,33,34,35,36,37,38,39)/p+1/t10-,11-,13+,14-,15+,16-,19+,20-/m1/s1. The number of aliphatic hydroxyl groups is 3. The number of phosphoric ester groups is 3. The third-order valence-electron chi connectivity index (χ3n) is 6.94. The Morgan fingerprint density at radius 1 is 0.958 bits per heavy atom. The SMILES string of the molecule is Nc1ncnc2c1ncn2[C@@H]1O[C@H](COP(=O)(O)OP(=O)(O)OC[C@H]2O[C@H]([n+]3cccc(C(=O)O)c3)[C@@H](O)[C@H]2O)[C@@H](O)[C@H]1OP(=O)(O)O. The zero-order valence-electron chi connectivity index (χ0n) is 23.8.